The SMILES string of the molecule is C=CC(=O)NCC1CNC(C2CCC(F)CC2)CC1C1CNN(C(F)F)N1. The van der Waals surface area contributed by atoms with Crippen molar-refractivity contribution in [3.63, 3.8) is 0 Å². The Hall–Kier alpha value is -1.16. The number of hydrogen-bond acceptors (Lipinski definition) is 5. The third kappa shape index (κ3) is 5.22. The van der Waals surface area contributed by atoms with Crippen molar-refractivity contribution in [1.29, 1.82) is 0 Å². The average Bonchev–Trinajstić information content (AvgIpc) is 3.17. The van der Waals surface area contributed by atoms with Crippen molar-refractivity contribution in [2.45, 2.75) is 56.9 Å². The minimum absolute atomic E-state index is 0.125. The second-order valence-corrected chi connectivity index (χ2v) is 7.88. The first kappa shape index (κ1) is 20.6. The van der Waals surface area contributed by atoms with Gasteiger partial charge in [-0.15, -0.1) is 5.12 Å². The van der Waals surface area contributed by atoms with Crippen molar-refractivity contribution in [2.75, 3.05) is 19.6 Å². The standard InChI is InChI=1S/C18H30F3N5O/c1-2-17(27)23-9-12-8-22-15(11-3-5-13(19)6-4-11)7-14(12)16-10-24-26(25-16)18(20)21/h2,11-16,18,22,24-25H,1,3-10H2,(H,23,27). The van der Waals surface area contributed by atoms with E-state index < -0.39 is 12.7 Å². The largest absolute Gasteiger partial charge is 0.352 e. The van der Waals surface area contributed by atoms with Crippen LogP contribution in [0.4, 0.5) is 13.2 Å². The number of alkyl halides is 3. The smallest absolute Gasteiger partial charge is 0.319 e. The maximum Gasteiger partial charge on any atom is 0.319 e. The number of piperidine rings is 1. The van der Waals surface area contributed by atoms with E-state index in [-0.39, 0.29) is 29.8 Å². The fraction of sp³-hybridized carbons (Fsp3) is 0.833. The summed E-state index contributed by atoms with van der Waals surface area (Å²) in [5, 5.41) is 7.17. The van der Waals surface area contributed by atoms with Gasteiger partial charge in [-0.2, -0.15) is 8.78 Å². The summed E-state index contributed by atoms with van der Waals surface area (Å²) >= 11 is 0. The Labute approximate surface area is 158 Å². The van der Waals surface area contributed by atoms with Gasteiger partial charge in [0.1, 0.15) is 6.17 Å². The number of hydrazine groups is 2. The molecule has 2 saturated heterocycles. The Morgan fingerprint density at radius 3 is 2.59 bits per heavy atom. The van der Waals surface area contributed by atoms with Crippen molar-refractivity contribution in [3.05, 3.63) is 12.7 Å². The van der Waals surface area contributed by atoms with Crippen LogP contribution in [0, 0.1) is 17.8 Å². The zero-order valence-electron chi connectivity index (χ0n) is 15.5. The van der Waals surface area contributed by atoms with Gasteiger partial charge in [0.15, 0.2) is 0 Å². The first-order chi connectivity index (χ1) is 13.0. The second kappa shape index (κ2) is 9.36. The van der Waals surface area contributed by atoms with E-state index in [4.69, 9.17) is 0 Å². The first-order valence-corrected chi connectivity index (χ1v) is 9.82. The van der Waals surface area contributed by atoms with Gasteiger partial charge in [0.05, 0.1) is 0 Å². The molecule has 9 heteroatoms. The molecule has 1 amide bonds. The predicted molar refractivity (Wildman–Crippen MR) is 96.2 cm³/mol. The highest BCUT2D eigenvalue weighted by Gasteiger charge is 2.42. The number of halogens is 3. The maximum absolute atomic E-state index is 13.5. The van der Waals surface area contributed by atoms with E-state index in [9.17, 15) is 18.0 Å². The average molecular weight is 389 g/mol. The number of rotatable bonds is 6. The molecule has 2 heterocycles. The monoisotopic (exact) mass is 389 g/mol. The van der Waals surface area contributed by atoms with Gasteiger partial charge < -0.3 is 10.6 Å². The molecule has 0 aromatic rings. The summed E-state index contributed by atoms with van der Waals surface area (Å²) in [5.41, 5.74) is 5.57. The quantitative estimate of drug-likeness (QED) is 0.408. The molecule has 2 aliphatic heterocycles. The summed E-state index contributed by atoms with van der Waals surface area (Å²) in [6.45, 7) is 2.44. The van der Waals surface area contributed by atoms with E-state index in [1.54, 1.807) is 0 Å². The summed E-state index contributed by atoms with van der Waals surface area (Å²) in [7, 11) is 0. The van der Waals surface area contributed by atoms with E-state index in [1.807, 2.05) is 0 Å². The van der Waals surface area contributed by atoms with Crippen molar-refractivity contribution in [2.24, 2.45) is 17.8 Å². The van der Waals surface area contributed by atoms with Crippen LogP contribution in [0.2, 0.25) is 0 Å². The summed E-state index contributed by atoms with van der Waals surface area (Å²) < 4.78 is 39.4. The third-order valence-corrected chi connectivity index (χ3v) is 6.27. The zero-order chi connectivity index (χ0) is 19.4. The summed E-state index contributed by atoms with van der Waals surface area (Å²) in [6.07, 6.45) is 4.31. The van der Waals surface area contributed by atoms with Gasteiger partial charge in [-0.25, -0.2) is 15.2 Å². The Morgan fingerprint density at radius 2 is 1.96 bits per heavy atom. The Morgan fingerprint density at radius 1 is 1.22 bits per heavy atom. The van der Waals surface area contributed by atoms with Crippen LogP contribution in [0.1, 0.15) is 32.1 Å². The fourth-order valence-corrected chi connectivity index (χ4v) is 4.72. The lowest BCUT2D eigenvalue weighted by Gasteiger charge is -2.43. The molecule has 3 fully saturated rings. The highest BCUT2D eigenvalue weighted by molar-refractivity contribution is 5.86. The Kier molecular flexibility index (Phi) is 7.13. The van der Waals surface area contributed by atoms with Gasteiger partial charge in [-0.3, -0.25) is 4.79 Å². The molecular weight excluding hydrogens is 359 g/mol. The Balaban J connectivity index is 1.64. The van der Waals surface area contributed by atoms with Crippen LogP contribution in [0.15, 0.2) is 12.7 Å². The van der Waals surface area contributed by atoms with Crippen LogP contribution >= 0.6 is 0 Å². The number of carbonyl (C=O) groups excluding carboxylic acids is 1. The normalized spacial score (nSPS) is 38.1. The molecule has 3 aliphatic rings. The molecule has 0 radical (unpaired) electrons. The van der Waals surface area contributed by atoms with Crippen LogP contribution in [0.5, 0.6) is 0 Å². The number of nitrogens with one attached hydrogen (secondary N) is 4. The molecule has 6 nitrogen and oxygen atoms in total. The number of amides is 1. The lowest BCUT2D eigenvalue weighted by atomic mass is 9.72. The van der Waals surface area contributed by atoms with Crippen LogP contribution in [-0.2, 0) is 4.79 Å². The van der Waals surface area contributed by atoms with E-state index in [0.717, 1.165) is 24.4 Å². The second-order valence-electron chi connectivity index (χ2n) is 7.88. The minimum Gasteiger partial charge on any atom is -0.352 e. The molecule has 1 aliphatic carbocycles. The van der Waals surface area contributed by atoms with Crippen molar-refractivity contribution < 1.29 is 18.0 Å². The van der Waals surface area contributed by atoms with Gasteiger partial charge in [-0.05, 0) is 55.9 Å². The van der Waals surface area contributed by atoms with Gasteiger partial charge in [0, 0.05) is 31.7 Å². The molecule has 4 atom stereocenters. The molecule has 1 saturated carbocycles. The molecule has 0 bridgehead atoms. The fourth-order valence-electron chi connectivity index (χ4n) is 4.72. The molecule has 154 valence electrons. The van der Waals surface area contributed by atoms with E-state index in [2.05, 4.69) is 28.1 Å². The lowest BCUT2D eigenvalue weighted by Crippen LogP contribution is -2.56. The van der Waals surface area contributed by atoms with Crippen LogP contribution in [-0.4, -0.2) is 55.5 Å². The number of nitrogens with zero attached hydrogens (tertiary/aromatic N) is 1. The lowest BCUT2D eigenvalue weighted by molar-refractivity contribution is -0.116. The molecule has 3 rings (SSSR count). The number of hydrogen-bond donors (Lipinski definition) is 4. The van der Waals surface area contributed by atoms with E-state index >= 15 is 0 Å². The molecular formula is C18H30F3N5O. The van der Waals surface area contributed by atoms with Crippen LogP contribution < -0.4 is 21.5 Å². The topological polar surface area (TPSA) is 68.4 Å². The highest BCUT2D eigenvalue weighted by Crippen LogP contribution is 2.36. The van der Waals surface area contributed by atoms with Gasteiger partial charge in [-0.1, -0.05) is 6.58 Å². The van der Waals surface area contributed by atoms with E-state index in [0.29, 0.717) is 38.4 Å². The van der Waals surface area contributed by atoms with E-state index in [1.165, 1.54) is 6.08 Å². The van der Waals surface area contributed by atoms with Crippen LogP contribution in [0.3, 0.4) is 0 Å². The molecule has 0 aromatic carbocycles. The van der Waals surface area contributed by atoms with Crippen molar-refractivity contribution in [3.8, 4) is 0 Å². The Bertz CT molecular complexity index is 515. The maximum atomic E-state index is 13.5. The molecule has 27 heavy (non-hydrogen) atoms. The molecule has 0 aromatic heterocycles. The highest BCUT2D eigenvalue weighted by atomic mass is 19.3. The van der Waals surface area contributed by atoms with Crippen LogP contribution in [0.25, 0.3) is 0 Å². The van der Waals surface area contributed by atoms with Gasteiger partial charge in [0.25, 0.3) is 0 Å². The van der Waals surface area contributed by atoms with Crippen molar-refractivity contribution >= 4 is 5.91 Å². The van der Waals surface area contributed by atoms with Gasteiger partial charge >= 0.3 is 6.55 Å². The molecule has 4 N–H and O–H groups in total. The molecule has 4 unspecified atom stereocenters. The zero-order valence-corrected chi connectivity index (χ0v) is 15.5. The summed E-state index contributed by atoms with van der Waals surface area (Å²) in [6, 6.07) is 0.128. The summed E-state index contributed by atoms with van der Waals surface area (Å²) in [4.78, 5) is 11.5. The minimum atomic E-state index is -2.62. The van der Waals surface area contributed by atoms with Crippen molar-refractivity contribution in [1.82, 2.24) is 26.6 Å². The number of carbonyl (C=O) groups is 1. The third-order valence-electron chi connectivity index (χ3n) is 6.27. The first-order valence-electron chi connectivity index (χ1n) is 9.82. The summed E-state index contributed by atoms with van der Waals surface area (Å²) in [5.74, 6) is 0.438. The predicted octanol–water partition coefficient (Wildman–Crippen LogP) is 1.33. The van der Waals surface area contributed by atoms with Gasteiger partial charge in [0.2, 0.25) is 5.91 Å². The molecule has 0 spiro atoms.